The first-order chi connectivity index (χ1) is 5.36. The molecule has 0 N–H and O–H groups in total. The lowest BCUT2D eigenvalue weighted by Crippen LogP contribution is -2.06. The summed E-state index contributed by atoms with van der Waals surface area (Å²) in [5.74, 6) is 0.690. The molecular formula is C7H9Br2NS. The molecule has 0 aliphatic heterocycles. The van der Waals surface area contributed by atoms with E-state index >= 15 is 0 Å². The van der Waals surface area contributed by atoms with Crippen molar-refractivity contribution in [2.24, 2.45) is 5.92 Å². The Hall–Kier alpha value is 0.590. The first-order valence-electron chi connectivity index (χ1n) is 3.36. The van der Waals surface area contributed by atoms with Gasteiger partial charge in [-0.3, -0.25) is 4.98 Å². The van der Waals surface area contributed by atoms with Crippen LogP contribution in [0.3, 0.4) is 0 Å². The van der Waals surface area contributed by atoms with Crippen LogP contribution in [0.4, 0.5) is 0 Å². The molecule has 1 nitrogen and oxygen atoms in total. The number of hydrogen-bond donors (Lipinski definition) is 0. The van der Waals surface area contributed by atoms with Gasteiger partial charge in [0.05, 0.1) is 5.51 Å². The molecule has 0 fully saturated rings. The van der Waals surface area contributed by atoms with Crippen LogP contribution in [0.1, 0.15) is 4.88 Å². The summed E-state index contributed by atoms with van der Waals surface area (Å²) in [6, 6.07) is 0. The molecule has 0 saturated carbocycles. The second-order valence-corrected chi connectivity index (χ2v) is 4.61. The largest absolute Gasteiger partial charge is 0.253 e. The minimum atomic E-state index is 0.690. The molecule has 11 heavy (non-hydrogen) atoms. The summed E-state index contributed by atoms with van der Waals surface area (Å²) in [5, 5.41) is 2.10. The van der Waals surface area contributed by atoms with Gasteiger partial charge in [-0.15, -0.1) is 11.3 Å². The molecule has 0 radical (unpaired) electrons. The number of rotatable bonds is 4. The van der Waals surface area contributed by atoms with Crippen molar-refractivity contribution < 1.29 is 0 Å². The van der Waals surface area contributed by atoms with Gasteiger partial charge in [-0.25, -0.2) is 0 Å². The number of aromatic nitrogens is 1. The van der Waals surface area contributed by atoms with Crippen molar-refractivity contribution in [3.8, 4) is 0 Å². The lowest BCUT2D eigenvalue weighted by atomic mass is 10.1. The van der Waals surface area contributed by atoms with E-state index in [0.29, 0.717) is 5.92 Å². The Balaban J connectivity index is 2.41. The molecule has 0 aliphatic carbocycles. The van der Waals surface area contributed by atoms with E-state index in [-0.39, 0.29) is 0 Å². The summed E-state index contributed by atoms with van der Waals surface area (Å²) in [4.78, 5) is 5.40. The summed E-state index contributed by atoms with van der Waals surface area (Å²) in [5.41, 5.74) is 1.88. The maximum Gasteiger partial charge on any atom is 0.0794 e. The number of hydrogen-bond acceptors (Lipinski definition) is 2. The van der Waals surface area contributed by atoms with Gasteiger partial charge in [-0.2, -0.15) is 0 Å². The Bertz CT molecular complexity index is 184. The van der Waals surface area contributed by atoms with Crippen LogP contribution in [0.2, 0.25) is 0 Å². The molecule has 0 spiro atoms. The summed E-state index contributed by atoms with van der Waals surface area (Å²) in [7, 11) is 0. The highest BCUT2D eigenvalue weighted by Crippen LogP contribution is 2.16. The lowest BCUT2D eigenvalue weighted by molar-refractivity contribution is 0.686. The van der Waals surface area contributed by atoms with Crippen LogP contribution in [0.25, 0.3) is 0 Å². The molecule has 4 heteroatoms. The summed E-state index contributed by atoms with van der Waals surface area (Å²) in [6.45, 7) is 0. The van der Waals surface area contributed by atoms with Gasteiger partial charge in [0.25, 0.3) is 0 Å². The molecule has 0 unspecified atom stereocenters. The van der Waals surface area contributed by atoms with Gasteiger partial charge in [-0.05, 0) is 12.3 Å². The highest BCUT2D eigenvalue weighted by molar-refractivity contribution is 9.09. The average molecular weight is 299 g/mol. The molecule has 0 aliphatic rings. The number of alkyl halides is 2. The van der Waals surface area contributed by atoms with E-state index in [1.807, 2.05) is 11.7 Å². The van der Waals surface area contributed by atoms with Gasteiger partial charge in [0.2, 0.25) is 0 Å². The third-order valence-electron chi connectivity index (χ3n) is 1.41. The van der Waals surface area contributed by atoms with E-state index in [9.17, 15) is 0 Å². The maximum absolute atomic E-state index is 4.03. The predicted octanol–water partition coefficient (Wildman–Crippen LogP) is 3.09. The summed E-state index contributed by atoms with van der Waals surface area (Å²) >= 11 is 8.68. The lowest BCUT2D eigenvalue weighted by Gasteiger charge is -2.06. The molecule has 0 bridgehead atoms. The van der Waals surface area contributed by atoms with Crippen LogP contribution >= 0.6 is 43.2 Å². The predicted molar refractivity (Wildman–Crippen MR) is 56.9 cm³/mol. The van der Waals surface area contributed by atoms with Gasteiger partial charge >= 0.3 is 0 Å². The SMILES string of the molecule is BrCC(CBr)Cc1cncs1. The van der Waals surface area contributed by atoms with E-state index in [0.717, 1.165) is 17.1 Å². The van der Waals surface area contributed by atoms with E-state index in [1.54, 1.807) is 11.3 Å². The fourth-order valence-electron chi connectivity index (χ4n) is 0.778. The van der Waals surface area contributed by atoms with E-state index < -0.39 is 0 Å². The van der Waals surface area contributed by atoms with Crippen molar-refractivity contribution in [3.63, 3.8) is 0 Å². The van der Waals surface area contributed by atoms with Gasteiger partial charge < -0.3 is 0 Å². The normalized spacial score (nSPS) is 10.8. The first kappa shape index (κ1) is 9.68. The minimum Gasteiger partial charge on any atom is -0.253 e. The zero-order valence-corrected chi connectivity index (χ0v) is 9.95. The second kappa shape index (κ2) is 5.27. The summed E-state index contributed by atoms with van der Waals surface area (Å²) < 4.78 is 0. The van der Waals surface area contributed by atoms with Crippen LogP contribution in [-0.4, -0.2) is 15.6 Å². The molecule has 1 aromatic rings. The molecule has 0 atom stereocenters. The molecule has 1 rings (SSSR count). The van der Waals surface area contributed by atoms with Crippen molar-refractivity contribution in [2.45, 2.75) is 6.42 Å². The van der Waals surface area contributed by atoms with Gasteiger partial charge in [-0.1, -0.05) is 31.9 Å². The van der Waals surface area contributed by atoms with Gasteiger partial charge in [0, 0.05) is 21.7 Å². The van der Waals surface area contributed by atoms with Crippen molar-refractivity contribution >= 4 is 43.2 Å². The topological polar surface area (TPSA) is 12.9 Å². The monoisotopic (exact) mass is 297 g/mol. The molecule has 0 saturated heterocycles. The Kier molecular flexibility index (Phi) is 4.64. The number of nitrogens with zero attached hydrogens (tertiary/aromatic N) is 1. The highest BCUT2D eigenvalue weighted by atomic mass is 79.9. The van der Waals surface area contributed by atoms with Crippen LogP contribution in [0.5, 0.6) is 0 Å². The highest BCUT2D eigenvalue weighted by Gasteiger charge is 2.06. The Morgan fingerprint density at radius 1 is 1.45 bits per heavy atom. The Morgan fingerprint density at radius 3 is 2.64 bits per heavy atom. The third-order valence-corrected chi connectivity index (χ3v) is 4.04. The first-order valence-corrected chi connectivity index (χ1v) is 6.48. The number of thiazole rings is 1. The van der Waals surface area contributed by atoms with E-state index in [1.165, 1.54) is 4.88 Å². The molecule has 0 aromatic carbocycles. The van der Waals surface area contributed by atoms with Gasteiger partial charge in [0.15, 0.2) is 0 Å². The number of halogens is 2. The second-order valence-electron chi connectivity index (χ2n) is 2.35. The smallest absolute Gasteiger partial charge is 0.0794 e. The molecular weight excluding hydrogens is 290 g/mol. The Labute approximate surface area is 87.5 Å². The Morgan fingerprint density at radius 2 is 2.18 bits per heavy atom. The van der Waals surface area contributed by atoms with Crippen molar-refractivity contribution in [1.29, 1.82) is 0 Å². The van der Waals surface area contributed by atoms with Crippen molar-refractivity contribution in [3.05, 3.63) is 16.6 Å². The molecule has 1 heterocycles. The van der Waals surface area contributed by atoms with E-state index in [2.05, 4.69) is 36.8 Å². The molecule has 1 aromatic heterocycles. The maximum atomic E-state index is 4.03. The zero-order chi connectivity index (χ0) is 8.10. The average Bonchev–Trinajstić information content (AvgIpc) is 2.52. The molecule has 0 amide bonds. The van der Waals surface area contributed by atoms with Crippen molar-refractivity contribution in [1.82, 2.24) is 4.98 Å². The van der Waals surface area contributed by atoms with Crippen LogP contribution < -0.4 is 0 Å². The van der Waals surface area contributed by atoms with Crippen LogP contribution in [0, 0.1) is 5.92 Å². The standard InChI is InChI=1S/C7H9Br2NS/c8-2-6(3-9)1-7-4-10-5-11-7/h4-6H,1-3H2. The zero-order valence-electron chi connectivity index (χ0n) is 5.96. The summed E-state index contributed by atoms with van der Waals surface area (Å²) in [6.07, 6.45) is 3.07. The van der Waals surface area contributed by atoms with Crippen LogP contribution in [-0.2, 0) is 6.42 Å². The fourth-order valence-corrected chi connectivity index (χ4v) is 3.02. The quantitative estimate of drug-likeness (QED) is 0.779. The van der Waals surface area contributed by atoms with Crippen LogP contribution in [0.15, 0.2) is 11.7 Å². The van der Waals surface area contributed by atoms with Gasteiger partial charge in [0.1, 0.15) is 0 Å². The van der Waals surface area contributed by atoms with Crippen molar-refractivity contribution in [2.75, 3.05) is 10.7 Å². The minimum absolute atomic E-state index is 0.690. The van der Waals surface area contributed by atoms with E-state index in [4.69, 9.17) is 0 Å². The fraction of sp³-hybridized carbons (Fsp3) is 0.571. The molecule has 62 valence electrons. The third kappa shape index (κ3) is 3.22.